The van der Waals surface area contributed by atoms with E-state index < -0.39 is 11.6 Å². The second kappa shape index (κ2) is 18.2. The molecule has 5 N–H and O–H groups in total. The maximum absolute atomic E-state index is 12.5. The third-order valence-electron chi connectivity index (χ3n) is 4.57. The highest BCUT2D eigenvalue weighted by Crippen LogP contribution is 2.14. The molecule has 0 heterocycles. The molecule has 0 aliphatic carbocycles. The van der Waals surface area contributed by atoms with Gasteiger partial charge in [0.2, 0.25) is 12.3 Å². The van der Waals surface area contributed by atoms with Crippen LogP contribution in [-0.4, -0.2) is 61.8 Å². The Morgan fingerprint density at radius 1 is 0.971 bits per heavy atom. The number of ether oxygens (including phenoxy) is 2. The normalized spacial score (nSPS) is 13.0. The Kier molecular flexibility index (Phi) is 18.3. The number of unbranched alkanes of at least 4 members (excludes halogenated alkanes) is 2. The summed E-state index contributed by atoms with van der Waals surface area (Å²) in [6.07, 6.45) is 5.13. The fourth-order valence-electron chi connectivity index (χ4n) is 2.52. The summed E-state index contributed by atoms with van der Waals surface area (Å²) in [4.78, 5) is 33.7. The molecule has 0 rings (SSSR count). The summed E-state index contributed by atoms with van der Waals surface area (Å²) in [6.45, 7) is 18.2. The lowest BCUT2D eigenvalue weighted by atomic mass is 10.0. The summed E-state index contributed by atoms with van der Waals surface area (Å²) in [6, 6.07) is -0.826. The lowest BCUT2D eigenvalue weighted by Gasteiger charge is -2.27. The molecule has 9 heteroatoms. The number of esters is 1. The Bertz CT molecular complexity index is 597. The van der Waals surface area contributed by atoms with Gasteiger partial charge in [-0.2, -0.15) is 0 Å². The molecule has 9 nitrogen and oxygen atoms in total. The highest BCUT2D eigenvalue weighted by atomic mass is 16.6. The molecule has 0 aromatic rings. The maximum Gasteiger partial charge on any atom is 0.329 e. The molecule has 0 saturated heterocycles. The minimum atomic E-state index is -0.581. The van der Waals surface area contributed by atoms with E-state index in [0.717, 1.165) is 25.7 Å². The second-order valence-electron chi connectivity index (χ2n) is 10.2. The minimum Gasteiger partial charge on any atom is -0.458 e. The van der Waals surface area contributed by atoms with Gasteiger partial charge in [-0.25, -0.2) is 4.79 Å². The van der Waals surface area contributed by atoms with Crippen molar-refractivity contribution >= 4 is 18.3 Å². The first-order valence-corrected chi connectivity index (χ1v) is 12.0. The lowest BCUT2D eigenvalue weighted by Crippen LogP contribution is -2.44. The van der Waals surface area contributed by atoms with Gasteiger partial charge in [-0.1, -0.05) is 6.58 Å². The Hall–Kier alpha value is -2.13. The van der Waals surface area contributed by atoms with Gasteiger partial charge in [0.1, 0.15) is 11.6 Å². The van der Waals surface area contributed by atoms with Crippen molar-refractivity contribution in [3.63, 3.8) is 0 Å². The molecule has 2 atom stereocenters. The largest absolute Gasteiger partial charge is 0.458 e. The van der Waals surface area contributed by atoms with Crippen molar-refractivity contribution in [3.8, 4) is 0 Å². The molecule has 0 aromatic heterocycles. The zero-order valence-corrected chi connectivity index (χ0v) is 22.7. The SMILES string of the molecule is C=C(NC(CCCCNC(C)=O)C(=O)OC(C)(C)C)C(N)CCCCNC=O.COC(C)(C)C. The first-order valence-electron chi connectivity index (χ1n) is 12.0. The van der Waals surface area contributed by atoms with E-state index in [4.69, 9.17) is 15.2 Å². The lowest BCUT2D eigenvalue weighted by molar-refractivity contribution is -0.157. The number of nitrogens with one attached hydrogen (secondary N) is 3. The van der Waals surface area contributed by atoms with Gasteiger partial charge in [0.05, 0.1) is 5.60 Å². The van der Waals surface area contributed by atoms with E-state index in [-0.39, 0.29) is 23.5 Å². The predicted molar refractivity (Wildman–Crippen MR) is 137 cm³/mol. The van der Waals surface area contributed by atoms with Crippen molar-refractivity contribution in [2.24, 2.45) is 5.73 Å². The molecule has 0 bridgehead atoms. The van der Waals surface area contributed by atoms with E-state index >= 15 is 0 Å². The third-order valence-corrected chi connectivity index (χ3v) is 4.57. The summed E-state index contributed by atoms with van der Waals surface area (Å²) in [7, 11) is 1.71. The Morgan fingerprint density at radius 2 is 1.50 bits per heavy atom. The van der Waals surface area contributed by atoms with Crippen LogP contribution >= 0.6 is 0 Å². The fraction of sp³-hybridized carbons (Fsp3) is 0.800. The predicted octanol–water partition coefficient (Wildman–Crippen LogP) is 2.78. The molecule has 200 valence electrons. The average Bonchev–Trinajstić information content (AvgIpc) is 2.70. The Morgan fingerprint density at radius 3 is 1.97 bits per heavy atom. The summed E-state index contributed by atoms with van der Waals surface area (Å²) in [5.41, 5.74) is 6.22. The first-order chi connectivity index (χ1) is 15.6. The highest BCUT2D eigenvalue weighted by molar-refractivity contribution is 5.76. The molecular formula is C25H50N4O5. The van der Waals surface area contributed by atoms with Crippen LogP contribution in [0.2, 0.25) is 0 Å². The van der Waals surface area contributed by atoms with Gasteiger partial charge in [-0.15, -0.1) is 0 Å². The minimum absolute atomic E-state index is 0.0417. The van der Waals surface area contributed by atoms with Gasteiger partial charge < -0.3 is 31.2 Å². The molecule has 0 aromatic carbocycles. The number of amides is 2. The third kappa shape index (κ3) is 23.0. The fourth-order valence-corrected chi connectivity index (χ4v) is 2.52. The smallest absolute Gasteiger partial charge is 0.329 e. The number of hydrogen-bond acceptors (Lipinski definition) is 7. The Labute approximate surface area is 207 Å². The van der Waals surface area contributed by atoms with Crippen molar-refractivity contribution in [2.75, 3.05) is 20.2 Å². The van der Waals surface area contributed by atoms with Crippen molar-refractivity contribution in [3.05, 3.63) is 12.3 Å². The van der Waals surface area contributed by atoms with Gasteiger partial charge in [-0.3, -0.25) is 9.59 Å². The van der Waals surface area contributed by atoms with Crippen LogP contribution in [0.3, 0.4) is 0 Å². The van der Waals surface area contributed by atoms with E-state index in [2.05, 4.69) is 22.5 Å². The summed E-state index contributed by atoms with van der Waals surface area (Å²) in [5.74, 6) is -0.403. The monoisotopic (exact) mass is 486 g/mol. The Balaban J connectivity index is 0. The van der Waals surface area contributed by atoms with Crippen LogP contribution in [0.15, 0.2) is 12.3 Å². The summed E-state index contributed by atoms with van der Waals surface area (Å²) >= 11 is 0. The van der Waals surface area contributed by atoms with Crippen molar-refractivity contribution in [1.29, 1.82) is 0 Å². The van der Waals surface area contributed by atoms with Crippen LogP contribution in [0.25, 0.3) is 0 Å². The van der Waals surface area contributed by atoms with Crippen LogP contribution in [0, 0.1) is 0 Å². The topological polar surface area (TPSA) is 132 Å². The van der Waals surface area contributed by atoms with Crippen LogP contribution in [0.5, 0.6) is 0 Å². The van der Waals surface area contributed by atoms with Crippen LogP contribution < -0.4 is 21.7 Å². The zero-order valence-electron chi connectivity index (χ0n) is 22.7. The van der Waals surface area contributed by atoms with Crippen molar-refractivity contribution in [1.82, 2.24) is 16.0 Å². The van der Waals surface area contributed by atoms with Gasteiger partial charge in [-0.05, 0) is 80.1 Å². The van der Waals surface area contributed by atoms with Crippen LogP contribution in [0.4, 0.5) is 0 Å². The van der Waals surface area contributed by atoms with Gasteiger partial charge in [0, 0.05) is 38.9 Å². The number of hydrogen-bond donors (Lipinski definition) is 4. The number of rotatable bonds is 15. The molecule has 34 heavy (non-hydrogen) atoms. The van der Waals surface area contributed by atoms with Crippen LogP contribution in [-0.2, 0) is 23.9 Å². The number of carbonyl (C=O) groups excluding carboxylic acids is 3. The van der Waals surface area contributed by atoms with E-state index in [1.54, 1.807) is 7.11 Å². The van der Waals surface area contributed by atoms with Gasteiger partial charge >= 0.3 is 5.97 Å². The number of nitrogens with two attached hydrogens (primary N) is 1. The summed E-state index contributed by atoms with van der Waals surface area (Å²) in [5, 5.41) is 8.49. The van der Waals surface area contributed by atoms with E-state index in [0.29, 0.717) is 38.0 Å². The van der Waals surface area contributed by atoms with E-state index in [1.807, 2.05) is 41.5 Å². The highest BCUT2D eigenvalue weighted by Gasteiger charge is 2.26. The van der Waals surface area contributed by atoms with Crippen LogP contribution in [0.1, 0.15) is 87.0 Å². The van der Waals surface area contributed by atoms with E-state index in [1.165, 1.54) is 6.92 Å². The molecule has 2 unspecified atom stereocenters. The van der Waals surface area contributed by atoms with E-state index in [9.17, 15) is 14.4 Å². The molecule has 0 spiro atoms. The molecule has 0 saturated carbocycles. The zero-order chi connectivity index (χ0) is 26.8. The average molecular weight is 487 g/mol. The van der Waals surface area contributed by atoms with Gasteiger partial charge in [0.25, 0.3) is 0 Å². The van der Waals surface area contributed by atoms with Crippen molar-refractivity contribution in [2.45, 2.75) is 110 Å². The molecule has 0 aliphatic rings. The molecular weight excluding hydrogens is 436 g/mol. The maximum atomic E-state index is 12.5. The standard InChI is InChI=1S/C20H38N4O4.C5H12O/c1-15(17(21)10-6-8-12-22-14-25)24-18(19(27)28-20(3,4)5)11-7-9-13-23-16(2)26;1-5(2,3)6-4/h14,17-18,24H,1,6-13,21H2,2-5H3,(H,22,25)(H,23,26);1-4H3. The number of methoxy groups -OCH3 is 1. The quantitative estimate of drug-likeness (QED) is 0.159. The first kappa shape index (κ1) is 34.0. The molecule has 0 aliphatic heterocycles. The summed E-state index contributed by atoms with van der Waals surface area (Å²) < 4.78 is 10.4. The van der Waals surface area contributed by atoms with Crippen molar-refractivity contribution < 1.29 is 23.9 Å². The molecule has 2 amide bonds. The second-order valence-corrected chi connectivity index (χ2v) is 10.2. The molecule has 0 fully saturated rings. The van der Waals surface area contributed by atoms with Gasteiger partial charge in [0.15, 0.2) is 0 Å². The molecule has 0 radical (unpaired) electrons. The number of carbonyl (C=O) groups is 3.